The molecule has 1 heterocycles. The van der Waals surface area contributed by atoms with E-state index in [9.17, 15) is 8.78 Å². The van der Waals surface area contributed by atoms with E-state index in [0.29, 0.717) is 21.7 Å². The molecule has 1 saturated heterocycles. The van der Waals surface area contributed by atoms with Gasteiger partial charge in [-0.25, -0.2) is 0 Å². The zero-order chi connectivity index (χ0) is 14.7. The van der Waals surface area contributed by atoms with Gasteiger partial charge in [-0.15, -0.1) is 0 Å². The third-order valence-electron chi connectivity index (χ3n) is 3.06. The Balaban J connectivity index is 2.08. The van der Waals surface area contributed by atoms with Crippen molar-refractivity contribution in [3.8, 4) is 5.75 Å². The topological polar surface area (TPSA) is 30.5 Å². The fourth-order valence-electron chi connectivity index (χ4n) is 2.16. The summed E-state index contributed by atoms with van der Waals surface area (Å²) in [6.45, 7) is -0.353. The zero-order valence-corrected chi connectivity index (χ0v) is 13.2. The van der Waals surface area contributed by atoms with Crippen molar-refractivity contribution in [2.24, 2.45) is 0 Å². The van der Waals surface area contributed by atoms with E-state index >= 15 is 0 Å². The number of rotatable bonds is 5. The van der Waals surface area contributed by atoms with Crippen molar-refractivity contribution in [3.63, 3.8) is 0 Å². The molecule has 1 N–H and O–H groups in total. The van der Waals surface area contributed by atoms with Gasteiger partial charge in [-0.1, -0.05) is 11.6 Å². The van der Waals surface area contributed by atoms with Crippen LogP contribution in [0.3, 0.4) is 0 Å². The summed E-state index contributed by atoms with van der Waals surface area (Å²) < 4.78 is 35.5. The van der Waals surface area contributed by atoms with Crippen molar-refractivity contribution < 1.29 is 18.3 Å². The highest BCUT2D eigenvalue weighted by molar-refractivity contribution is 9.10. The Morgan fingerprint density at radius 3 is 2.85 bits per heavy atom. The van der Waals surface area contributed by atoms with Crippen LogP contribution >= 0.6 is 27.5 Å². The van der Waals surface area contributed by atoms with Gasteiger partial charge in [-0.2, -0.15) is 8.78 Å². The first-order chi connectivity index (χ1) is 9.45. The summed E-state index contributed by atoms with van der Waals surface area (Å²) in [6, 6.07) is 3.07. The molecule has 20 heavy (non-hydrogen) atoms. The van der Waals surface area contributed by atoms with Crippen molar-refractivity contribution in [1.29, 1.82) is 0 Å². The molecule has 0 bridgehead atoms. The van der Waals surface area contributed by atoms with Crippen molar-refractivity contribution in [3.05, 3.63) is 21.6 Å². The van der Waals surface area contributed by atoms with Gasteiger partial charge in [-0.05, 0) is 47.8 Å². The van der Waals surface area contributed by atoms with Gasteiger partial charge in [0, 0.05) is 11.6 Å². The molecule has 2 rings (SSSR count). The highest BCUT2D eigenvalue weighted by Gasteiger charge is 2.22. The van der Waals surface area contributed by atoms with Crippen LogP contribution in [-0.4, -0.2) is 25.4 Å². The standard InChI is InChI=1S/C13H15BrClF2NO2/c1-7-2-3-9(19-7)6-18-11-5-8(15)4-10(14)12(11)20-13(16)17/h4-5,7,9,13,18H,2-3,6H2,1H3. The van der Waals surface area contributed by atoms with Gasteiger partial charge < -0.3 is 14.8 Å². The number of hydrogen-bond donors (Lipinski definition) is 1. The molecule has 0 radical (unpaired) electrons. The molecule has 1 aromatic rings. The number of anilines is 1. The van der Waals surface area contributed by atoms with Gasteiger partial charge in [0.25, 0.3) is 0 Å². The Bertz CT molecular complexity index is 476. The van der Waals surface area contributed by atoms with Crippen LogP contribution in [0.4, 0.5) is 14.5 Å². The third-order valence-corrected chi connectivity index (χ3v) is 3.86. The zero-order valence-electron chi connectivity index (χ0n) is 10.8. The first kappa shape index (κ1) is 15.8. The highest BCUT2D eigenvalue weighted by Crippen LogP contribution is 2.37. The van der Waals surface area contributed by atoms with E-state index in [1.54, 1.807) is 6.07 Å². The molecule has 2 atom stereocenters. The molecule has 3 nitrogen and oxygen atoms in total. The maximum absolute atomic E-state index is 12.4. The maximum Gasteiger partial charge on any atom is 0.387 e. The van der Waals surface area contributed by atoms with Crippen LogP contribution in [0, 0.1) is 0 Å². The van der Waals surface area contributed by atoms with Crippen LogP contribution in [0.2, 0.25) is 5.02 Å². The Morgan fingerprint density at radius 1 is 1.50 bits per heavy atom. The van der Waals surface area contributed by atoms with E-state index in [-0.39, 0.29) is 18.0 Å². The summed E-state index contributed by atoms with van der Waals surface area (Å²) in [5, 5.41) is 3.50. The van der Waals surface area contributed by atoms with Crippen LogP contribution in [0.1, 0.15) is 19.8 Å². The molecule has 0 aromatic heterocycles. The first-order valence-electron chi connectivity index (χ1n) is 6.29. The molecule has 0 saturated carbocycles. The van der Waals surface area contributed by atoms with Gasteiger partial charge in [0.15, 0.2) is 5.75 Å². The molecule has 112 valence electrons. The molecular formula is C13H15BrClF2NO2. The second-order valence-corrected chi connectivity index (χ2v) is 5.96. The van der Waals surface area contributed by atoms with E-state index in [1.165, 1.54) is 6.07 Å². The predicted molar refractivity (Wildman–Crippen MR) is 77.8 cm³/mol. The number of ether oxygens (including phenoxy) is 2. The smallest absolute Gasteiger partial charge is 0.387 e. The normalized spacial score (nSPS) is 22.3. The van der Waals surface area contributed by atoms with E-state index in [1.807, 2.05) is 6.92 Å². The van der Waals surface area contributed by atoms with E-state index in [2.05, 4.69) is 26.0 Å². The van der Waals surface area contributed by atoms with E-state index in [0.717, 1.165) is 12.8 Å². The minimum absolute atomic E-state index is 0.0513. The highest BCUT2D eigenvalue weighted by atomic mass is 79.9. The molecule has 0 amide bonds. The first-order valence-corrected chi connectivity index (χ1v) is 7.46. The van der Waals surface area contributed by atoms with E-state index in [4.69, 9.17) is 16.3 Å². The van der Waals surface area contributed by atoms with Gasteiger partial charge in [0.2, 0.25) is 0 Å². The maximum atomic E-state index is 12.4. The lowest BCUT2D eigenvalue weighted by atomic mass is 10.2. The third kappa shape index (κ3) is 4.20. The predicted octanol–water partition coefficient (Wildman–Crippen LogP) is 4.68. The van der Waals surface area contributed by atoms with Gasteiger partial charge in [0.1, 0.15) is 0 Å². The van der Waals surface area contributed by atoms with Crippen molar-refractivity contribution in [2.75, 3.05) is 11.9 Å². The lowest BCUT2D eigenvalue weighted by Crippen LogP contribution is -2.20. The van der Waals surface area contributed by atoms with Crippen LogP contribution in [0.5, 0.6) is 5.75 Å². The molecule has 0 spiro atoms. The monoisotopic (exact) mass is 369 g/mol. The number of hydrogen-bond acceptors (Lipinski definition) is 3. The number of halogens is 4. The fraction of sp³-hybridized carbons (Fsp3) is 0.538. The minimum Gasteiger partial charge on any atom is -0.431 e. The van der Waals surface area contributed by atoms with Crippen LogP contribution in [0.15, 0.2) is 16.6 Å². The molecule has 1 aliphatic heterocycles. The lowest BCUT2D eigenvalue weighted by molar-refractivity contribution is -0.0498. The van der Waals surface area contributed by atoms with Gasteiger partial charge >= 0.3 is 6.61 Å². The van der Waals surface area contributed by atoms with Crippen LogP contribution in [0.25, 0.3) is 0 Å². The average molecular weight is 371 g/mol. The number of benzene rings is 1. The lowest BCUT2D eigenvalue weighted by Gasteiger charge is -2.17. The summed E-state index contributed by atoms with van der Waals surface area (Å²) in [4.78, 5) is 0. The summed E-state index contributed by atoms with van der Waals surface area (Å²) in [5.41, 5.74) is 0.424. The SMILES string of the molecule is CC1CCC(CNc2cc(Cl)cc(Br)c2OC(F)F)O1. The summed E-state index contributed by atoms with van der Waals surface area (Å²) in [5.74, 6) is 0.0513. The summed E-state index contributed by atoms with van der Waals surface area (Å²) in [7, 11) is 0. The largest absolute Gasteiger partial charge is 0.431 e. The molecule has 2 unspecified atom stereocenters. The molecule has 1 aliphatic rings. The fourth-order valence-corrected chi connectivity index (χ4v) is 3.06. The second-order valence-electron chi connectivity index (χ2n) is 4.67. The van der Waals surface area contributed by atoms with Crippen LogP contribution < -0.4 is 10.1 Å². The second kappa shape index (κ2) is 6.91. The average Bonchev–Trinajstić information content (AvgIpc) is 2.76. The van der Waals surface area contributed by atoms with E-state index < -0.39 is 6.61 Å². The molecule has 1 aromatic carbocycles. The Morgan fingerprint density at radius 2 is 2.25 bits per heavy atom. The van der Waals surface area contributed by atoms with Crippen molar-refractivity contribution in [2.45, 2.75) is 38.6 Å². The Hall–Kier alpha value is -0.590. The molecule has 0 aliphatic carbocycles. The van der Waals surface area contributed by atoms with Crippen molar-refractivity contribution >= 4 is 33.2 Å². The van der Waals surface area contributed by atoms with Crippen molar-refractivity contribution in [1.82, 2.24) is 0 Å². The van der Waals surface area contributed by atoms with Gasteiger partial charge in [0.05, 0.1) is 22.4 Å². The van der Waals surface area contributed by atoms with Gasteiger partial charge in [-0.3, -0.25) is 0 Å². The summed E-state index contributed by atoms with van der Waals surface area (Å²) >= 11 is 9.11. The number of alkyl halides is 2. The quantitative estimate of drug-likeness (QED) is 0.816. The summed E-state index contributed by atoms with van der Waals surface area (Å²) in [6.07, 6.45) is 2.26. The molecule has 1 fully saturated rings. The number of nitrogens with one attached hydrogen (secondary N) is 1. The molecule has 7 heteroatoms. The molecular weight excluding hydrogens is 356 g/mol. The minimum atomic E-state index is -2.89. The Labute approximate surface area is 129 Å². The Kier molecular flexibility index (Phi) is 5.46. The van der Waals surface area contributed by atoms with Crippen LogP contribution in [-0.2, 0) is 4.74 Å².